The van der Waals surface area contributed by atoms with E-state index in [9.17, 15) is 9.83 Å². The lowest BCUT2D eigenvalue weighted by Gasteiger charge is -2.18. The summed E-state index contributed by atoms with van der Waals surface area (Å²) in [5.74, 6) is 0.865. The topological polar surface area (TPSA) is 90.7 Å². The largest absolute Gasteiger partial charge is 0.338 e. The molecule has 5 rings (SSSR count). The highest BCUT2D eigenvalue weighted by molar-refractivity contribution is 7.70. The van der Waals surface area contributed by atoms with Gasteiger partial charge in [0.05, 0.1) is 23.4 Å². The lowest BCUT2D eigenvalue weighted by molar-refractivity contribution is 0.588. The SMILES string of the molecule is CP(C)(=O)c1cc(C2(C#N)CC2)ccc1Nc1nc(Nc2ccc3c(c2)CCCCC3)ncc1Cl. The molecule has 0 radical (unpaired) electrons. The highest BCUT2D eigenvalue weighted by Crippen LogP contribution is 2.49. The Morgan fingerprint density at radius 3 is 2.51 bits per heavy atom. The summed E-state index contributed by atoms with van der Waals surface area (Å²) >= 11 is 6.44. The zero-order valence-electron chi connectivity index (χ0n) is 20.1. The van der Waals surface area contributed by atoms with Gasteiger partial charge in [0.15, 0.2) is 5.82 Å². The number of fused-ring (bicyclic) bond motifs is 1. The van der Waals surface area contributed by atoms with Crippen LogP contribution in [0.3, 0.4) is 0 Å². The third kappa shape index (κ3) is 5.08. The molecule has 0 saturated heterocycles. The maximum absolute atomic E-state index is 13.1. The second-order valence-electron chi connectivity index (χ2n) is 9.96. The number of nitriles is 1. The van der Waals surface area contributed by atoms with Crippen molar-refractivity contribution in [3.8, 4) is 6.07 Å². The summed E-state index contributed by atoms with van der Waals surface area (Å²) in [5, 5.41) is 17.2. The first-order valence-electron chi connectivity index (χ1n) is 12.1. The van der Waals surface area contributed by atoms with E-state index in [0.29, 0.717) is 27.8 Å². The number of halogens is 1. The summed E-state index contributed by atoms with van der Waals surface area (Å²) in [7, 11) is -2.64. The minimum atomic E-state index is -2.64. The Bertz CT molecular complexity index is 1370. The van der Waals surface area contributed by atoms with Gasteiger partial charge in [0.2, 0.25) is 5.95 Å². The van der Waals surface area contributed by atoms with E-state index in [0.717, 1.165) is 36.9 Å². The maximum atomic E-state index is 13.1. The van der Waals surface area contributed by atoms with E-state index >= 15 is 0 Å². The molecule has 1 saturated carbocycles. The molecule has 180 valence electrons. The van der Waals surface area contributed by atoms with Crippen molar-refractivity contribution in [2.75, 3.05) is 24.0 Å². The maximum Gasteiger partial charge on any atom is 0.229 e. The van der Waals surface area contributed by atoms with Crippen LogP contribution in [0.5, 0.6) is 0 Å². The molecule has 3 aromatic rings. The van der Waals surface area contributed by atoms with E-state index in [1.54, 1.807) is 19.5 Å². The van der Waals surface area contributed by atoms with Gasteiger partial charge >= 0.3 is 0 Å². The Morgan fingerprint density at radius 1 is 1.03 bits per heavy atom. The summed E-state index contributed by atoms with van der Waals surface area (Å²) in [6.07, 6.45) is 9.20. The van der Waals surface area contributed by atoms with E-state index in [1.165, 1.54) is 30.4 Å². The van der Waals surface area contributed by atoms with E-state index in [-0.39, 0.29) is 0 Å². The number of aromatic nitrogens is 2. The van der Waals surface area contributed by atoms with Gasteiger partial charge in [0.25, 0.3) is 0 Å². The van der Waals surface area contributed by atoms with Crippen LogP contribution in [-0.4, -0.2) is 23.3 Å². The number of hydrogen-bond donors (Lipinski definition) is 2. The number of benzene rings is 2. The molecule has 35 heavy (non-hydrogen) atoms. The lowest BCUT2D eigenvalue weighted by Crippen LogP contribution is -2.15. The lowest BCUT2D eigenvalue weighted by atomic mass is 9.97. The monoisotopic (exact) mass is 505 g/mol. The van der Waals surface area contributed by atoms with Gasteiger partial charge in [-0.3, -0.25) is 0 Å². The van der Waals surface area contributed by atoms with Gasteiger partial charge in [-0.05, 0) is 92.8 Å². The fourth-order valence-electron chi connectivity index (χ4n) is 4.73. The van der Waals surface area contributed by atoms with Crippen LogP contribution in [0.15, 0.2) is 42.6 Å². The number of aryl methyl sites for hydroxylation is 2. The smallest absolute Gasteiger partial charge is 0.229 e. The molecular formula is C27H29ClN5OP. The standard InChI is InChI=1S/C27H29ClN5OP/c1-35(2,34)24-15-20(27(17-29)12-13-27)9-11-23(24)32-25-22(28)16-30-26(33-25)31-21-10-8-18-6-4-3-5-7-19(18)14-21/h8-11,14-16H,3-7,12-13H2,1-2H3,(H2,30,31,32,33). The molecule has 0 unspecified atom stereocenters. The van der Waals surface area contributed by atoms with Crippen molar-refractivity contribution in [1.29, 1.82) is 5.26 Å². The summed E-state index contributed by atoms with van der Waals surface area (Å²) in [5.41, 5.74) is 4.91. The number of nitrogens with one attached hydrogen (secondary N) is 2. The molecule has 2 aliphatic rings. The predicted octanol–water partition coefficient (Wildman–Crippen LogP) is 6.69. The fourth-order valence-corrected chi connectivity index (χ4v) is 6.03. The van der Waals surface area contributed by atoms with Crippen molar-refractivity contribution in [3.05, 3.63) is 64.3 Å². The van der Waals surface area contributed by atoms with Crippen LogP contribution in [0, 0.1) is 11.3 Å². The third-order valence-corrected chi connectivity index (χ3v) is 8.75. The quantitative estimate of drug-likeness (QED) is 0.286. The van der Waals surface area contributed by atoms with Crippen LogP contribution >= 0.6 is 18.7 Å². The minimum absolute atomic E-state index is 0.366. The average molecular weight is 506 g/mol. The van der Waals surface area contributed by atoms with Crippen molar-refractivity contribution in [1.82, 2.24) is 9.97 Å². The second-order valence-corrected chi connectivity index (χ2v) is 13.6. The van der Waals surface area contributed by atoms with Gasteiger partial charge in [-0.15, -0.1) is 0 Å². The molecule has 8 heteroatoms. The molecule has 1 heterocycles. The Labute approximate surface area is 211 Å². The molecule has 2 N–H and O–H groups in total. The van der Waals surface area contributed by atoms with Crippen molar-refractivity contribution in [2.45, 2.75) is 50.4 Å². The zero-order chi connectivity index (χ0) is 24.6. The van der Waals surface area contributed by atoms with Crippen molar-refractivity contribution in [2.24, 2.45) is 0 Å². The van der Waals surface area contributed by atoms with Gasteiger partial charge in [-0.1, -0.05) is 30.2 Å². The fraction of sp³-hybridized carbons (Fsp3) is 0.370. The van der Waals surface area contributed by atoms with Crippen LogP contribution in [0.1, 0.15) is 48.8 Å². The zero-order valence-corrected chi connectivity index (χ0v) is 21.7. The number of anilines is 4. The van der Waals surface area contributed by atoms with Crippen LogP contribution < -0.4 is 15.9 Å². The van der Waals surface area contributed by atoms with Crippen LogP contribution in [0.25, 0.3) is 0 Å². The normalized spacial score (nSPS) is 16.5. The Balaban J connectivity index is 1.42. The summed E-state index contributed by atoms with van der Waals surface area (Å²) in [4.78, 5) is 8.97. The number of rotatable bonds is 6. The first kappa shape index (κ1) is 23.9. The van der Waals surface area contributed by atoms with Crippen LogP contribution in [0.2, 0.25) is 5.02 Å². The van der Waals surface area contributed by atoms with Crippen molar-refractivity contribution in [3.63, 3.8) is 0 Å². The predicted molar refractivity (Wildman–Crippen MR) is 143 cm³/mol. The van der Waals surface area contributed by atoms with Crippen molar-refractivity contribution < 1.29 is 4.57 Å². The molecule has 0 bridgehead atoms. The Hall–Kier alpha value is -2.87. The molecule has 6 nitrogen and oxygen atoms in total. The summed E-state index contributed by atoms with van der Waals surface area (Å²) < 4.78 is 13.1. The van der Waals surface area contributed by atoms with Gasteiger partial charge in [0.1, 0.15) is 12.2 Å². The molecule has 1 aromatic heterocycles. The van der Waals surface area contributed by atoms with Gasteiger partial charge in [-0.2, -0.15) is 10.2 Å². The van der Waals surface area contributed by atoms with E-state index < -0.39 is 12.6 Å². The minimum Gasteiger partial charge on any atom is -0.338 e. The molecular weight excluding hydrogens is 477 g/mol. The van der Waals surface area contributed by atoms with Gasteiger partial charge in [-0.25, -0.2) is 4.98 Å². The Morgan fingerprint density at radius 2 is 1.80 bits per heavy atom. The summed E-state index contributed by atoms with van der Waals surface area (Å²) in [6.45, 7) is 3.46. The molecule has 2 aromatic carbocycles. The van der Waals surface area contributed by atoms with Crippen LogP contribution in [0.4, 0.5) is 23.1 Å². The first-order valence-corrected chi connectivity index (χ1v) is 15.1. The molecule has 2 aliphatic carbocycles. The van der Waals surface area contributed by atoms with E-state index in [4.69, 9.17) is 11.6 Å². The third-order valence-electron chi connectivity index (χ3n) is 6.95. The average Bonchev–Trinajstić information content (AvgIpc) is 3.65. The molecule has 1 fully saturated rings. The summed E-state index contributed by atoms with van der Waals surface area (Å²) in [6, 6.07) is 14.6. The number of hydrogen-bond acceptors (Lipinski definition) is 6. The van der Waals surface area contributed by atoms with Crippen molar-refractivity contribution >= 4 is 47.2 Å². The molecule has 0 atom stereocenters. The second kappa shape index (κ2) is 9.30. The van der Waals surface area contributed by atoms with Crippen LogP contribution in [-0.2, 0) is 22.8 Å². The molecule has 0 spiro atoms. The van der Waals surface area contributed by atoms with Gasteiger partial charge in [0, 0.05) is 11.0 Å². The van der Waals surface area contributed by atoms with Gasteiger partial charge < -0.3 is 15.2 Å². The highest BCUT2D eigenvalue weighted by atomic mass is 35.5. The van der Waals surface area contributed by atoms with E-state index in [2.05, 4.69) is 44.9 Å². The molecule has 0 amide bonds. The Kier molecular flexibility index (Phi) is 6.34. The molecule has 0 aliphatic heterocycles. The van der Waals surface area contributed by atoms with E-state index in [1.807, 2.05) is 18.2 Å². The highest BCUT2D eigenvalue weighted by Gasteiger charge is 2.45. The first-order chi connectivity index (χ1) is 16.8. The number of nitrogens with zero attached hydrogens (tertiary/aromatic N) is 3.